The molecule has 0 aliphatic rings. The highest BCUT2D eigenvalue weighted by Crippen LogP contribution is 2.23. The van der Waals surface area contributed by atoms with Crippen molar-refractivity contribution in [1.82, 2.24) is 10.6 Å². The van der Waals surface area contributed by atoms with Gasteiger partial charge in [0.15, 0.2) is 12.4 Å². The summed E-state index contributed by atoms with van der Waals surface area (Å²) in [6.45, 7) is 3.03. The molecule has 0 spiro atoms. The quantitative estimate of drug-likeness (QED) is 0.0171. The number of benzene rings is 2. The Morgan fingerprint density at radius 3 is 1.52 bits per heavy atom. The lowest BCUT2D eigenvalue weighted by molar-refractivity contribution is -0.684. The molecular formula is C43H55N6O10S2+. The second kappa shape index (κ2) is 28.1. The zero-order chi connectivity index (χ0) is 44.4. The van der Waals surface area contributed by atoms with E-state index in [0.29, 0.717) is 26.2 Å². The summed E-state index contributed by atoms with van der Waals surface area (Å²) < 4.78 is 1.61. The highest BCUT2D eigenvalue weighted by Gasteiger charge is 2.24. The van der Waals surface area contributed by atoms with Crippen molar-refractivity contribution in [2.45, 2.75) is 25.6 Å². The Hall–Kier alpha value is -5.50. The number of aromatic nitrogens is 1. The first-order valence-corrected chi connectivity index (χ1v) is 21.9. The monoisotopic (exact) mass is 879 g/mol. The molecular weight excluding hydrogens is 825 g/mol. The molecule has 0 bridgehead atoms. The molecule has 1 heterocycles. The summed E-state index contributed by atoms with van der Waals surface area (Å²) in [5.74, 6) is -3.73. The Morgan fingerprint density at radius 1 is 0.656 bits per heavy atom. The van der Waals surface area contributed by atoms with Crippen LogP contribution in [-0.4, -0.2) is 143 Å². The largest absolute Gasteiger partial charge is 0.480 e. The van der Waals surface area contributed by atoms with Gasteiger partial charge in [-0.3, -0.25) is 14.6 Å². The average Bonchev–Trinajstić information content (AvgIpc) is 3.25. The zero-order valence-electron chi connectivity index (χ0n) is 34.0. The number of rotatable bonds is 28. The van der Waals surface area contributed by atoms with Crippen molar-refractivity contribution in [1.29, 1.82) is 0 Å². The van der Waals surface area contributed by atoms with Gasteiger partial charge >= 0.3 is 11.9 Å². The highest BCUT2D eigenvalue weighted by atomic mass is 33.1. The van der Waals surface area contributed by atoms with Gasteiger partial charge in [0.1, 0.15) is 18.6 Å². The third-order valence-electron chi connectivity index (χ3n) is 8.74. The van der Waals surface area contributed by atoms with E-state index < -0.39 is 35.8 Å². The standard InChI is InChI=1S/C43H54N6O10S2/c1-32(2-3-33-6-10-36(11-7-33)48(20-24-50)21-25-51)14-17-44-28-40(54)45-38(42(56)57)30-60-61-31-39(43(58)59)46-41(55)29-47-18-15-35(16-19-47)5-4-34-8-12-37(13-9-34)49(22-26-52)23-27-53/h2-19,38-39,50-53H,20-31H2,1H3,(H3-,45,46,54,55,56,57,58,59)/p+1/b3-2+,32-14+,44-17?. The van der Waals surface area contributed by atoms with Crippen LogP contribution in [0.4, 0.5) is 11.4 Å². The number of aliphatic hydroxyl groups excluding tert-OH is 4. The molecule has 61 heavy (non-hydrogen) atoms. The molecule has 0 saturated carbocycles. The fraction of sp³-hybridized carbons (Fsp3) is 0.349. The number of carboxylic acid groups (broad SMARTS) is 2. The Balaban J connectivity index is 1.40. The molecule has 2 atom stereocenters. The normalized spacial score (nSPS) is 12.8. The summed E-state index contributed by atoms with van der Waals surface area (Å²) >= 11 is 0. The first kappa shape index (κ1) is 49.9. The van der Waals surface area contributed by atoms with Gasteiger partial charge in [-0.05, 0) is 59.5 Å². The number of hydrogen-bond donors (Lipinski definition) is 8. The van der Waals surface area contributed by atoms with E-state index in [9.17, 15) is 49.8 Å². The van der Waals surface area contributed by atoms with Gasteiger partial charge < -0.3 is 51.1 Å². The second-order valence-corrected chi connectivity index (χ2v) is 16.0. The molecule has 1 aromatic heterocycles. The fourth-order valence-electron chi connectivity index (χ4n) is 5.51. The average molecular weight is 880 g/mol. The van der Waals surface area contributed by atoms with Crippen LogP contribution in [-0.2, 0) is 25.7 Å². The van der Waals surface area contributed by atoms with E-state index in [1.165, 1.54) is 6.21 Å². The molecule has 328 valence electrons. The van der Waals surface area contributed by atoms with Crippen molar-refractivity contribution >= 4 is 81.2 Å². The number of nitrogens with one attached hydrogen (secondary N) is 2. The van der Waals surface area contributed by atoms with Gasteiger partial charge in [-0.1, -0.05) is 70.2 Å². The molecule has 0 radical (unpaired) electrons. The van der Waals surface area contributed by atoms with Crippen molar-refractivity contribution in [3.05, 3.63) is 107 Å². The lowest BCUT2D eigenvalue weighted by Crippen LogP contribution is -2.49. The summed E-state index contributed by atoms with van der Waals surface area (Å²) in [5.41, 5.74) is 5.39. The van der Waals surface area contributed by atoms with E-state index >= 15 is 0 Å². The molecule has 3 rings (SSSR count). The number of aliphatic imine (C=N–C) groups is 1. The lowest BCUT2D eigenvalue weighted by atomic mass is 10.1. The number of carbonyl (C=O) groups excluding carboxylic acids is 2. The van der Waals surface area contributed by atoms with Crippen LogP contribution in [0.15, 0.2) is 95.8 Å². The number of aliphatic carboxylic acids is 2. The van der Waals surface area contributed by atoms with E-state index in [4.69, 9.17) is 0 Å². The van der Waals surface area contributed by atoms with Crippen LogP contribution in [0.3, 0.4) is 0 Å². The van der Waals surface area contributed by atoms with E-state index in [0.717, 1.165) is 55.2 Å². The minimum atomic E-state index is -1.26. The molecule has 2 amide bonds. The van der Waals surface area contributed by atoms with Gasteiger partial charge in [0.2, 0.25) is 12.5 Å². The van der Waals surface area contributed by atoms with Crippen molar-refractivity contribution in [2.75, 3.05) is 80.5 Å². The Kier molecular flexibility index (Phi) is 23.0. The van der Waals surface area contributed by atoms with Crippen LogP contribution in [0, 0.1) is 0 Å². The zero-order valence-corrected chi connectivity index (χ0v) is 35.6. The van der Waals surface area contributed by atoms with E-state index in [2.05, 4.69) is 15.6 Å². The van der Waals surface area contributed by atoms with Crippen LogP contribution in [0.5, 0.6) is 0 Å². The van der Waals surface area contributed by atoms with Gasteiger partial charge in [0, 0.05) is 67.4 Å². The molecule has 0 fully saturated rings. The molecule has 0 saturated heterocycles. The Labute approximate surface area is 363 Å². The minimum absolute atomic E-state index is 0.0186. The molecule has 2 unspecified atom stereocenters. The number of carbonyl (C=O) groups is 4. The minimum Gasteiger partial charge on any atom is -0.480 e. The van der Waals surface area contributed by atoms with Gasteiger partial charge in [-0.25, -0.2) is 9.59 Å². The SMILES string of the molecule is CC(/C=C/c1ccc(N(CCO)CCO)cc1)=C\C=NCC(=O)NC(CSSCC(NC(=O)C[n+]1ccc(/C=C/c2ccc(N(CCO)CCO)cc2)cc1)C(=O)O)C(=O)O. The van der Waals surface area contributed by atoms with E-state index in [1.54, 1.807) is 23.0 Å². The molecule has 16 nitrogen and oxygen atoms in total. The molecule has 18 heteroatoms. The molecule has 0 aliphatic carbocycles. The predicted molar refractivity (Wildman–Crippen MR) is 241 cm³/mol. The summed E-state index contributed by atoms with van der Waals surface area (Å²) in [5, 5.41) is 61.3. The summed E-state index contributed by atoms with van der Waals surface area (Å²) in [4.78, 5) is 56.7. The number of nitrogens with zero attached hydrogens (tertiary/aromatic N) is 4. The van der Waals surface area contributed by atoms with E-state index in [-0.39, 0.29) is 51.0 Å². The first-order chi connectivity index (χ1) is 29.5. The number of pyridine rings is 1. The number of carboxylic acids is 2. The lowest BCUT2D eigenvalue weighted by Gasteiger charge is -2.22. The molecule has 2 aromatic carbocycles. The number of aliphatic hydroxyl groups is 4. The number of anilines is 2. The van der Waals surface area contributed by atoms with Gasteiger partial charge in [-0.15, -0.1) is 0 Å². The smallest absolute Gasteiger partial charge is 0.327 e. The van der Waals surface area contributed by atoms with Crippen molar-refractivity contribution in [2.24, 2.45) is 4.99 Å². The van der Waals surface area contributed by atoms with Crippen LogP contribution >= 0.6 is 21.6 Å². The van der Waals surface area contributed by atoms with E-state index in [1.807, 2.05) is 102 Å². The van der Waals surface area contributed by atoms with Crippen molar-refractivity contribution in [3.8, 4) is 0 Å². The second-order valence-electron chi connectivity index (χ2n) is 13.4. The van der Waals surface area contributed by atoms with Crippen molar-refractivity contribution < 1.29 is 54.4 Å². The molecule has 0 aliphatic heterocycles. The Bertz CT molecular complexity index is 1930. The molecule has 8 N–H and O–H groups in total. The number of hydrogen-bond acceptors (Lipinski definition) is 13. The third-order valence-corrected chi connectivity index (χ3v) is 11.2. The highest BCUT2D eigenvalue weighted by molar-refractivity contribution is 8.76. The number of allylic oxidation sites excluding steroid dienone is 3. The Morgan fingerprint density at radius 2 is 1.08 bits per heavy atom. The van der Waals surface area contributed by atoms with Crippen LogP contribution < -0.4 is 25.0 Å². The maximum Gasteiger partial charge on any atom is 0.327 e. The van der Waals surface area contributed by atoms with Gasteiger partial charge in [0.25, 0.3) is 5.91 Å². The summed E-state index contributed by atoms with van der Waals surface area (Å²) in [7, 11) is 2.12. The van der Waals surface area contributed by atoms with Gasteiger partial charge in [0.05, 0.1) is 26.4 Å². The summed E-state index contributed by atoms with van der Waals surface area (Å²) in [6, 6.07) is 16.5. The third kappa shape index (κ3) is 19.2. The van der Waals surface area contributed by atoms with Gasteiger partial charge in [-0.2, -0.15) is 4.57 Å². The molecule has 3 aromatic rings. The van der Waals surface area contributed by atoms with Crippen molar-refractivity contribution in [3.63, 3.8) is 0 Å². The number of amides is 2. The predicted octanol–water partition coefficient (Wildman–Crippen LogP) is 1.98. The maximum atomic E-state index is 12.7. The summed E-state index contributed by atoms with van der Waals surface area (Å²) in [6.07, 6.45) is 14.2. The van der Waals surface area contributed by atoms with Crippen LogP contribution in [0.2, 0.25) is 0 Å². The maximum absolute atomic E-state index is 12.7. The first-order valence-electron chi connectivity index (χ1n) is 19.4. The van der Waals surface area contributed by atoms with Crippen LogP contribution in [0.1, 0.15) is 23.6 Å². The van der Waals surface area contributed by atoms with Crippen LogP contribution in [0.25, 0.3) is 18.2 Å². The fourth-order valence-corrected chi connectivity index (χ4v) is 7.82. The topological polar surface area (TPSA) is 236 Å².